The molecule has 0 aromatic heterocycles. The van der Waals surface area contributed by atoms with Gasteiger partial charge in [0.05, 0.1) is 12.6 Å². The number of hydrogen-bond acceptors (Lipinski definition) is 5. The molecule has 0 radical (unpaired) electrons. The lowest BCUT2D eigenvalue weighted by Crippen LogP contribution is -2.51. The molecule has 0 heterocycles. The molecule has 0 fully saturated rings. The van der Waals surface area contributed by atoms with Gasteiger partial charge in [0.1, 0.15) is 16.8 Å². The van der Waals surface area contributed by atoms with Crippen LogP contribution in [-0.4, -0.2) is 40.9 Å². The lowest BCUT2D eigenvalue weighted by atomic mass is 9.80. The smallest absolute Gasteiger partial charge is 0.420 e. The van der Waals surface area contributed by atoms with E-state index in [9.17, 15) is 9.59 Å². The molecule has 3 aromatic carbocycles. The number of benzene rings is 3. The Hall–Kier alpha value is -3.90. The molecule has 0 bridgehead atoms. The van der Waals surface area contributed by atoms with Crippen molar-refractivity contribution in [3.8, 4) is 0 Å². The largest absolute Gasteiger partial charge is 0.443 e. The second kappa shape index (κ2) is 12.3. The third-order valence-corrected chi connectivity index (χ3v) is 5.80. The van der Waals surface area contributed by atoms with Gasteiger partial charge in [-0.2, -0.15) is 0 Å². The highest BCUT2D eigenvalue weighted by molar-refractivity contribution is 5.89. The number of imide groups is 1. The van der Waals surface area contributed by atoms with Gasteiger partial charge in [0, 0.05) is 0 Å². The standard InChI is InChI=1S/C33H39NO5/c1-8-28(34(29(35)38-31(2,3)4)30(36)39-32(5,6)7)24-37-33(25-18-12-9-13-19-25,26-20-14-10-15-21-26)27-22-16-11-17-23-27/h8-23,28H,1,24H2,2-7H3/t28-/m0/s1. The molecule has 206 valence electrons. The van der Waals surface area contributed by atoms with E-state index in [-0.39, 0.29) is 6.61 Å². The van der Waals surface area contributed by atoms with E-state index in [0.717, 1.165) is 21.6 Å². The summed E-state index contributed by atoms with van der Waals surface area (Å²) in [5.41, 5.74) is -0.0141. The Morgan fingerprint density at radius 3 is 1.31 bits per heavy atom. The van der Waals surface area contributed by atoms with Gasteiger partial charge in [-0.05, 0) is 58.2 Å². The summed E-state index contributed by atoms with van der Waals surface area (Å²) in [6.45, 7) is 14.3. The van der Waals surface area contributed by atoms with Gasteiger partial charge in [0.25, 0.3) is 0 Å². The Kier molecular flexibility index (Phi) is 9.36. The Balaban J connectivity index is 2.11. The number of amides is 2. The van der Waals surface area contributed by atoms with Gasteiger partial charge in [0.15, 0.2) is 0 Å². The summed E-state index contributed by atoms with van der Waals surface area (Å²) in [4.78, 5) is 27.6. The van der Waals surface area contributed by atoms with Crippen molar-refractivity contribution < 1.29 is 23.8 Å². The van der Waals surface area contributed by atoms with Gasteiger partial charge in [-0.25, -0.2) is 14.5 Å². The van der Waals surface area contributed by atoms with Gasteiger partial charge in [0.2, 0.25) is 0 Å². The van der Waals surface area contributed by atoms with Crippen molar-refractivity contribution in [3.05, 3.63) is 120 Å². The molecule has 0 aliphatic heterocycles. The van der Waals surface area contributed by atoms with Crippen LogP contribution in [0.15, 0.2) is 104 Å². The van der Waals surface area contributed by atoms with E-state index in [2.05, 4.69) is 6.58 Å². The molecular formula is C33H39NO5. The topological polar surface area (TPSA) is 65.1 Å². The van der Waals surface area contributed by atoms with Gasteiger partial charge in [-0.3, -0.25) is 0 Å². The molecular weight excluding hydrogens is 490 g/mol. The van der Waals surface area contributed by atoms with E-state index in [1.54, 1.807) is 41.5 Å². The zero-order valence-electron chi connectivity index (χ0n) is 23.7. The number of carbonyl (C=O) groups excluding carboxylic acids is 2. The van der Waals surface area contributed by atoms with Crippen LogP contribution in [0.2, 0.25) is 0 Å². The van der Waals surface area contributed by atoms with Crippen molar-refractivity contribution >= 4 is 12.2 Å². The quantitative estimate of drug-likeness (QED) is 0.221. The van der Waals surface area contributed by atoms with Crippen LogP contribution in [0.4, 0.5) is 9.59 Å². The van der Waals surface area contributed by atoms with Crippen LogP contribution < -0.4 is 0 Å². The van der Waals surface area contributed by atoms with Gasteiger partial charge >= 0.3 is 12.2 Å². The maximum atomic E-state index is 13.3. The zero-order chi connectivity index (χ0) is 28.7. The zero-order valence-corrected chi connectivity index (χ0v) is 23.7. The average molecular weight is 530 g/mol. The van der Waals surface area contributed by atoms with Gasteiger partial charge in [-0.15, -0.1) is 6.58 Å². The van der Waals surface area contributed by atoms with Crippen LogP contribution in [-0.2, 0) is 19.8 Å². The van der Waals surface area contributed by atoms with Crippen molar-refractivity contribution in [2.45, 2.75) is 64.4 Å². The maximum Gasteiger partial charge on any atom is 0.420 e. The van der Waals surface area contributed by atoms with Gasteiger partial charge < -0.3 is 14.2 Å². The summed E-state index contributed by atoms with van der Waals surface area (Å²) in [5.74, 6) is 0. The number of hydrogen-bond donors (Lipinski definition) is 0. The molecule has 2 amide bonds. The molecule has 0 N–H and O–H groups in total. The van der Waals surface area contributed by atoms with Crippen LogP contribution in [0.3, 0.4) is 0 Å². The fourth-order valence-electron chi connectivity index (χ4n) is 4.19. The average Bonchev–Trinajstić information content (AvgIpc) is 2.88. The summed E-state index contributed by atoms with van der Waals surface area (Å²) < 4.78 is 18.0. The van der Waals surface area contributed by atoms with Gasteiger partial charge in [-0.1, -0.05) is 97.1 Å². The van der Waals surface area contributed by atoms with Crippen molar-refractivity contribution in [2.75, 3.05) is 6.61 Å². The van der Waals surface area contributed by atoms with Crippen molar-refractivity contribution in [1.82, 2.24) is 4.90 Å². The summed E-state index contributed by atoms with van der Waals surface area (Å²) in [6.07, 6.45) is -0.176. The lowest BCUT2D eigenvalue weighted by molar-refractivity contribution is -0.0337. The van der Waals surface area contributed by atoms with E-state index in [4.69, 9.17) is 14.2 Å². The molecule has 0 aliphatic carbocycles. The van der Waals surface area contributed by atoms with E-state index in [1.807, 2.05) is 91.0 Å². The first-order valence-corrected chi connectivity index (χ1v) is 13.1. The molecule has 0 spiro atoms. The van der Waals surface area contributed by atoms with E-state index < -0.39 is 35.0 Å². The highest BCUT2D eigenvalue weighted by Gasteiger charge is 2.41. The van der Waals surface area contributed by atoms with Crippen LogP contribution in [0.25, 0.3) is 0 Å². The number of carbonyl (C=O) groups is 2. The fourth-order valence-corrected chi connectivity index (χ4v) is 4.19. The molecule has 0 saturated heterocycles. The fraction of sp³-hybridized carbons (Fsp3) is 0.333. The minimum atomic E-state index is -1.04. The predicted octanol–water partition coefficient (Wildman–Crippen LogP) is 7.72. The molecule has 0 saturated carbocycles. The maximum absolute atomic E-state index is 13.3. The third-order valence-electron chi connectivity index (χ3n) is 5.80. The number of nitrogens with zero attached hydrogens (tertiary/aromatic N) is 1. The first-order valence-electron chi connectivity index (χ1n) is 13.1. The van der Waals surface area contributed by atoms with Crippen molar-refractivity contribution in [3.63, 3.8) is 0 Å². The normalized spacial score (nSPS) is 12.8. The summed E-state index contributed by atoms with van der Waals surface area (Å²) in [7, 11) is 0. The first kappa shape index (κ1) is 29.7. The summed E-state index contributed by atoms with van der Waals surface area (Å²) in [6, 6.07) is 28.7. The molecule has 39 heavy (non-hydrogen) atoms. The van der Waals surface area contributed by atoms with E-state index in [0.29, 0.717) is 0 Å². The molecule has 0 aliphatic rings. The van der Waals surface area contributed by atoms with Crippen molar-refractivity contribution in [1.29, 1.82) is 0 Å². The number of rotatable bonds is 8. The molecule has 6 heteroatoms. The van der Waals surface area contributed by atoms with E-state index >= 15 is 0 Å². The molecule has 1 atom stereocenters. The highest BCUT2D eigenvalue weighted by atomic mass is 16.6. The van der Waals surface area contributed by atoms with E-state index in [1.165, 1.54) is 6.08 Å². The first-order chi connectivity index (χ1) is 18.4. The Labute approximate surface area is 232 Å². The van der Waals surface area contributed by atoms with Crippen molar-refractivity contribution in [2.24, 2.45) is 0 Å². The second-order valence-electron chi connectivity index (χ2n) is 11.2. The minimum Gasteiger partial charge on any atom is -0.443 e. The lowest BCUT2D eigenvalue weighted by Gasteiger charge is -2.38. The SMILES string of the molecule is C=C[C@@H](COC(c1ccccc1)(c1ccccc1)c1ccccc1)N(C(=O)OC(C)(C)C)C(=O)OC(C)(C)C. The monoisotopic (exact) mass is 529 g/mol. The highest BCUT2D eigenvalue weighted by Crippen LogP contribution is 2.40. The Morgan fingerprint density at radius 1 is 0.692 bits per heavy atom. The van der Waals surface area contributed by atoms with Crippen LogP contribution in [0.1, 0.15) is 58.2 Å². The molecule has 6 nitrogen and oxygen atoms in total. The predicted molar refractivity (Wildman–Crippen MR) is 153 cm³/mol. The molecule has 0 unspecified atom stereocenters. The molecule has 3 rings (SSSR count). The minimum absolute atomic E-state index is 0.0688. The van der Waals surface area contributed by atoms with Crippen LogP contribution in [0, 0.1) is 0 Å². The van der Waals surface area contributed by atoms with Crippen LogP contribution in [0.5, 0.6) is 0 Å². The summed E-state index contributed by atoms with van der Waals surface area (Å²) in [5, 5.41) is 0. The summed E-state index contributed by atoms with van der Waals surface area (Å²) >= 11 is 0. The Morgan fingerprint density at radius 2 is 1.03 bits per heavy atom. The second-order valence-corrected chi connectivity index (χ2v) is 11.2. The third kappa shape index (κ3) is 7.58. The number of ether oxygens (including phenoxy) is 3. The molecule has 3 aromatic rings. The Bertz CT molecular complexity index is 1100. The van der Waals surface area contributed by atoms with Crippen LogP contribution >= 0.6 is 0 Å².